The Morgan fingerprint density at radius 2 is 1.73 bits per heavy atom. The lowest BCUT2D eigenvalue weighted by Crippen LogP contribution is -2.59. The van der Waals surface area contributed by atoms with Gasteiger partial charge in [-0.25, -0.2) is 4.39 Å². The number of carbonyl (C=O) groups excluding carboxylic acids is 2. The number of piperazine rings is 1. The van der Waals surface area contributed by atoms with Crippen molar-refractivity contribution in [2.45, 2.75) is 108 Å². The van der Waals surface area contributed by atoms with E-state index in [1.807, 2.05) is 0 Å². The van der Waals surface area contributed by atoms with Crippen LogP contribution in [0.25, 0.3) is 0 Å². The van der Waals surface area contributed by atoms with Crippen LogP contribution in [0.5, 0.6) is 0 Å². The summed E-state index contributed by atoms with van der Waals surface area (Å²) in [5.41, 5.74) is 12.6. The van der Waals surface area contributed by atoms with Gasteiger partial charge in [0.2, 0.25) is 11.8 Å². The number of hydrogen-bond donors (Lipinski definition) is 4. The van der Waals surface area contributed by atoms with E-state index in [0.717, 1.165) is 117 Å². The Kier molecular flexibility index (Phi) is 10.6. The lowest BCUT2D eigenvalue weighted by molar-refractivity contribution is -0.141. The quantitative estimate of drug-likeness (QED) is 0.320. The number of halogens is 1. The van der Waals surface area contributed by atoms with Crippen LogP contribution in [-0.2, 0) is 14.3 Å². The van der Waals surface area contributed by atoms with Crippen molar-refractivity contribution in [1.29, 1.82) is 0 Å². The fourth-order valence-corrected chi connectivity index (χ4v) is 9.40. The molecule has 11 heteroatoms. The zero-order chi connectivity index (χ0) is 30.7. The van der Waals surface area contributed by atoms with E-state index in [0.29, 0.717) is 36.8 Å². The molecule has 3 saturated heterocycles. The van der Waals surface area contributed by atoms with Crippen LogP contribution in [0.1, 0.15) is 77.0 Å². The number of nitrogens with two attached hydrogens (primary N) is 2. The Balaban J connectivity index is 1.05. The van der Waals surface area contributed by atoms with E-state index >= 15 is 0 Å². The molecule has 0 bridgehead atoms. The van der Waals surface area contributed by atoms with Gasteiger partial charge in [0.1, 0.15) is 6.17 Å². The van der Waals surface area contributed by atoms with Crippen molar-refractivity contribution in [3.8, 4) is 0 Å². The fourth-order valence-electron chi connectivity index (χ4n) is 9.40. The predicted molar refractivity (Wildman–Crippen MR) is 169 cm³/mol. The highest BCUT2D eigenvalue weighted by molar-refractivity contribution is 5.81. The first kappa shape index (κ1) is 32.3. The van der Waals surface area contributed by atoms with Crippen LogP contribution in [0.15, 0.2) is 4.99 Å². The first-order chi connectivity index (χ1) is 21.3. The molecule has 10 nitrogen and oxygen atoms in total. The van der Waals surface area contributed by atoms with Crippen LogP contribution in [0.4, 0.5) is 4.39 Å². The van der Waals surface area contributed by atoms with Gasteiger partial charge in [-0.05, 0) is 88.0 Å². The van der Waals surface area contributed by atoms with E-state index in [4.69, 9.17) is 16.2 Å². The van der Waals surface area contributed by atoms with E-state index < -0.39 is 24.3 Å². The van der Waals surface area contributed by atoms with Crippen LogP contribution >= 0.6 is 0 Å². The van der Waals surface area contributed by atoms with Gasteiger partial charge in [0.25, 0.3) is 0 Å². The average molecular weight is 618 g/mol. The summed E-state index contributed by atoms with van der Waals surface area (Å²) in [6.45, 7) is 6.82. The number of carbonyl (C=O) groups is 2. The van der Waals surface area contributed by atoms with Gasteiger partial charge in [0, 0.05) is 50.9 Å². The molecule has 0 aromatic carbocycles. The third-order valence-electron chi connectivity index (χ3n) is 12.2. The highest BCUT2D eigenvalue weighted by Crippen LogP contribution is 2.48. The molecule has 2 amide bonds. The number of rotatable bonds is 7. The van der Waals surface area contributed by atoms with E-state index in [1.165, 1.54) is 6.21 Å². The Bertz CT molecular complexity index is 1000. The van der Waals surface area contributed by atoms with Crippen LogP contribution < -0.4 is 22.1 Å². The second kappa shape index (κ2) is 14.4. The maximum Gasteiger partial charge on any atom is 0.228 e. The van der Waals surface area contributed by atoms with Crippen LogP contribution in [0.2, 0.25) is 0 Å². The topological polar surface area (TPSA) is 138 Å². The average Bonchev–Trinajstić information content (AvgIpc) is 3.46. The molecule has 44 heavy (non-hydrogen) atoms. The highest BCUT2D eigenvalue weighted by atomic mass is 19.1. The number of piperidine rings is 1. The molecule has 0 radical (unpaired) electrons. The van der Waals surface area contributed by atoms with E-state index in [1.54, 1.807) is 0 Å². The molecule has 248 valence electrons. The minimum atomic E-state index is -1.09. The third kappa shape index (κ3) is 7.32. The Labute approximate surface area is 262 Å². The van der Waals surface area contributed by atoms with Gasteiger partial charge in [-0.2, -0.15) is 0 Å². The Hall–Kier alpha value is -1.66. The number of aliphatic imine (C=N–C) groups is 1. The minimum absolute atomic E-state index is 0.0229. The lowest BCUT2D eigenvalue weighted by Gasteiger charge is -2.44. The second-order valence-corrected chi connectivity index (χ2v) is 14.9. The smallest absolute Gasteiger partial charge is 0.228 e. The summed E-state index contributed by atoms with van der Waals surface area (Å²) in [6, 6.07) is 0.102. The van der Waals surface area contributed by atoms with Crippen LogP contribution in [-0.4, -0.2) is 111 Å². The monoisotopic (exact) mass is 617 g/mol. The lowest BCUT2D eigenvalue weighted by atomic mass is 9.70. The number of alkyl halides is 1. The van der Waals surface area contributed by atoms with Gasteiger partial charge >= 0.3 is 0 Å². The van der Waals surface area contributed by atoms with E-state index in [-0.39, 0.29) is 23.3 Å². The van der Waals surface area contributed by atoms with Crippen molar-refractivity contribution < 1.29 is 18.7 Å². The second-order valence-electron chi connectivity index (χ2n) is 14.9. The summed E-state index contributed by atoms with van der Waals surface area (Å²) in [5.74, 6) is 0.414. The van der Waals surface area contributed by atoms with Crippen molar-refractivity contribution in [2.75, 3.05) is 52.5 Å². The molecule has 4 aliphatic heterocycles. The summed E-state index contributed by atoms with van der Waals surface area (Å²) in [4.78, 5) is 36.5. The number of hydrogen-bond acceptors (Lipinski definition) is 8. The van der Waals surface area contributed by atoms with Crippen molar-refractivity contribution in [1.82, 2.24) is 20.4 Å². The number of nitrogens with zero attached hydrogens (tertiary/aromatic N) is 3. The highest BCUT2D eigenvalue weighted by Gasteiger charge is 2.44. The first-order valence-electron chi connectivity index (χ1n) is 17.6. The van der Waals surface area contributed by atoms with Gasteiger partial charge in [0.15, 0.2) is 0 Å². The summed E-state index contributed by atoms with van der Waals surface area (Å²) in [7, 11) is 0. The van der Waals surface area contributed by atoms with E-state index in [2.05, 4.69) is 25.4 Å². The third-order valence-corrected chi connectivity index (χ3v) is 12.2. The van der Waals surface area contributed by atoms with Crippen molar-refractivity contribution in [3.05, 3.63) is 0 Å². The molecule has 2 saturated carbocycles. The van der Waals surface area contributed by atoms with Gasteiger partial charge in [-0.3, -0.25) is 19.5 Å². The SMILES string of the molecule is NC(N)C(C(=O)NC1CNCCC1C1CCC(C(=O)N2CCN(C3COC3)CC2)CC1)C1CC2(CCCC2)CCC(F)C=N1. The molecule has 1 spiro atoms. The van der Waals surface area contributed by atoms with Gasteiger partial charge in [-0.15, -0.1) is 0 Å². The van der Waals surface area contributed by atoms with Crippen LogP contribution in [0.3, 0.4) is 0 Å². The molecule has 5 unspecified atom stereocenters. The standard InChI is InChI=1S/C33H56FN7O3/c34-24-7-11-33(9-1-2-10-33)17-27(38-18-24)29(30(35)36)31(42)39-28-19-37-12-8-26(28)22-3-5-23(6-4-22)32(43)41-15-13-40(14-16-41)25-20-44-21-25/h18,22-30,37H,1-17,19-21,35-36H2,(H,39,42). The molecule has 6 rings (SSSR count). The zero-order valence-electron chi connectivity index (χ0n) is 26.5. The molecule has 5 atom stereocenters. The van der Waals surface area contributed by atoms with Gasteiger partial charge < -0.3 is 31.7 Å². The van der Waals surface area contributed by atoms with E-state index in [9.17, 15) is 14.0 Å². The van der Waals surface area contributed by atoms with Gasteiger partial charge in [0.05, 0.1) is 37.4 Å². The van der Waals surface area contributed by atoms with Crippen molar-refractivity contribution >= 4 is 18.0 Å². The molecule has 0 aromatic heterocycles. The molecular formula is C33H56FN7O3. The summed E-state index contributed by atoms with van der Waals surface area (Å²) >= 11 is 0. The summed E-state index contributed by atoms with van der Waals surface area (Å²) < 4.78 is 20.0. The first-order valence-corrected chi connectivity index (χ1v) is 17.6. The summed E-state index contributed by atoms with van der Waals surface area (Å²) in [5, 5.41) is 6.84. The number of amides is 2. The molecule has 2 aliphatic carbocycles. The normalized spacial score (nSPS) is 36.0. The molecular weight excluding hydrogens is 561 g/mol. The summed E-state index contributed by atoms with van der Waals surface area (Å²) in [6.07, 6.45) is 10.8. The number of nitrogens with one attached hydrogen (secondary N) is 2. The maximum atomic E-state index is 14.6. The largest absolute Gasteiger partial charge is 0.378 e. The molecule has 4 heterocycles. The molecule has 5 fully saturated rings. The Morgan fingerprint density at radius 3 is 2.39 bits per heavy atom. The molecule has 6 aliphatic rings. The van der Waals surface area contributed by atoms with Crippen molar-refractivity contribution in [2.24, 2.45) is 45.5 Å². The van der Waals surface area contributed by atoms with Gasteiger partial charge in [-0.1, -0.05) is 12.8 Å². The predicted octanol–water partition coefficient (Wildman–Crippen LogP) is 1.81. The fraction of sp³-hybridized carbons (Fsp3) is 0.909. The maximum absolute atomic E-state index is 14.6. The molecule has 6 N–H and O–H groups in total. The Morgan fingerprint density at radius 1 is 1.00 bits per heavy atom. The zero-order valence-corrected chi connectivity index (χ0v) is 26.5. The van der Waals surface area contributed by atoms with Crippen LogP contribution in [0, 0.1) is 29.1 Å². The minimum Gasteiger partial charge on any atom is -0.378 e. The number of ether oxygens (including phenoxy) is 1. The van der Waals surface area contributed by atoms with Crippen molar-refractivity contribution in [3.63, 3.8) is 0 Å². The molecule has 0 aromatic rings.